The highest BCUT2D eigenvalue weighted by atomic mass is 16.2. The van der Waals surface area contributed by atoms with E-state index in [4.69, 9.17) is 5.10 Å². The number of benzene rings is 1. The summed E-state index contributed by atoms with van der Waals surface area (Å²) in [5, 5.41) is 6.85. The fourth-order valence-corrected chi connectivity index (χ4v) is 4.87. The summed E-state index contributed by atoms with van der Waals surface area (Å²) in [5.41, 5.74) is 7.32. The minimum atomic E-state index is -0.0274. The molecule has 5 nitrogen and oxygen atoms in total. The molecule has 2 aliphatic carbocycles. The van der Waals surface area contributed by atoms with E-state index in [1.54, 1.807) is 0 Å². The third-order valence-electron chi connectivity index (χ3n) is 6.02. The summed E-state index contributed by atoms with van der Waals surface area (Å²) in [5.74, 6) is 1.05. The van der Waals surface area contributed by atoms with Crippen molar-refractivity contribution < 1.29 is 4.79 Å². The van der Waals surface area contributed by atoms with Crippen molar-refractivity contribution in [2.45, 2.75) is 50.4 Å². The van der Waals surface area contributed by atoms with Crippen LogP contribution in [0.1, 0.15) is 72.1 Å². The van der Waals surface area contributed by atoms with Gasteiger partial charge in [0.25, 0.3) is 5.91 Å². The molecule has 1 amide bonds. The van der Waals surface area contributed by atoms with Gasteiger partial charge in [-0.05, 0) is 50.2 Å². The van der Waals surface area contributed by atoms with Gasteiger partial charge < -0.3 is 0 Å². The van der Waals surface area contributed by atoms with Gasteiger partial charge in [0, 0.05) is 24.6 Å². The summed E-state index contributed by atoms with van der Waals surface area (Å²) in [4.78, 5) is 13.0. The normalized spacial score (nSPS) is 25.1. The van der Waals surface area contributed by atoms with Gasteiger partial charge in [0.15, 0.2) is 5.69 Å². The van der Waals surface area contributed by atoms with E-state index >= 15 is 0 Å². The van der Waals surface area contributed by atoms with Gasteiger partial charge in [-0.2, -0.15) is 5.10 Å². The maximum atomic E-state index is 13.0. The second kappa shape index (κ2) is 5.99. The molecule has 1 N–H and O–H groups in total. The second-order valence-electron chi connectivity index (χ2n) is 7.59. The number of aromatic nitrogens is 2. The molecule has 1 aliphatic heterocycles. The van der Waals surface area contributed by atoms with Crippen molar-refractivity contribution >= 4 is 5.91 Å². The van der Waals surface area contributed by atoms with E-state index < -0.39 is 0 Å². The van der Waals surface area contributed by atoms with Crippen LogP contribution in [0.25, 0.3) is 5.69 Å². The number of para-hydroxylation sites is 1. The third-order valence-corrected chi connectivity index (χ3v) is 6.02. The molecule has 2 fully saturated rings. The van der Waals surface area contributed by atoms with Gasteiger partial charge in [0.1, 0.15) is 0 Å². The van der Waals surface area contributed by atoms with Gasteiger partial charge >= 0.3 is 0 Å². The molecular weight excluding hydrogens is 312 g/mol. The highest BCUT2D eigenvalue weighted by Gasteiger charge is 2.44. The molecule has 130 valence electrons. The Bertz CT molecular complexity index is 792. The Morgan fingerprint density at radius 3 is 2.60 bits per heavy atom. The Balaban J connectivity index is 1.52. The molecule has 2 atom stereocenters. The maximum Gasteiger partial charge on any atom is 0.286 e. The zero-order valence-corrected chi connectivity index (χ0v) is 14.4. The summed E-state index contributed by atoms with van der Waals surface area (Å²) in [7, 11) is 0. The topological polar surface area (TPSA) is 50.2 Å². The van der Waals surface area contributed by atoms with Gasteiger partial charge in [-0.25, -0.2) is 9.69 Å². The molecule has 1 aromatic carbocycles. The summed E-state index contributed by atoms with van der Waals surface area (Å²) in [6, 6.07) is 10.2. The predicted molar refractivity (Wildman–Crippen MR) is 95.8 cm³/mol. The molecule has 5 rings (SSSR count). The molecule has 2 aromatic rings. The number of hydrazine groups is 1. The van der Waals surface area contributed by atoms with Gasteiger partial charge in [-0.15, -0.1) is 0 Å². The van der Waals surface area contributed by atoms with Gasteiger partial charge in [0.05, 0.1) is 11.4 Å². The first kappa shape index (κ1) is 15.1. The van der Waals surface area contributed by atoms with Crippen molar-refractivity contribution in [2.24, 2.45) is 0 Å². The molecule has 0 spiro atoms. The van der Waals surface area contributed by atoms with Crippen LogP contribution >= 0.6 is 0 Å². The van der Waals surface area contributed by atoms with Gasteiger partial charge in [0.2, 0.25) is 0 Å². The molecule has 1 aromatic heterocycles. The lowest BCUT2D eigenvalue weighted by Gasteiger charge is -2.26. The number of amides is 1. The monoisotopic (exact) mass is 336 g/mol. The minimum absolute atomic E-state index is 0.0274. The lowest BCUT2D eigenvalue weighted by molar-refractivity contribution is 0.0743. The van der Waals surface area contributed by atoms with Crippen LogP contribution in [0.5, 0.6) is 0 Å². The van der Waals surface area contributed by atoms with E-state index in [0.29, 0.717) is 17.5 Å². The van der Waals surface area contributed by atoms with Crippen molar-refractivity contribution in [1.82, 2.24) is 20.2 Å². The minimum Gasteiger partial charge on any atom is -0.283 e. The lowest BCUT2D eigenvalue weighted by Crippen LogP contribution is -2.45. The molecule has 25 heavy (non-hydrogen) atoms. The number of carbonyl (C=O) groups is 1. The van der Waals surface area contributed by atoms with Crippen LogP contribution < -0.4 is 5.43 Å². The van der Waals surface area contributed by atoms with E-state index in [9.17, 15) is 4.79 Å². The van der Waals surface area contributed by atoms with Crippen molar-refractivity contribution in [3.63, 3.8) is 0 Å². The maximum absolute atomic E-state index is 13.0. The van der Waals surface area contributed by atoms with E-state index in [2.05, 4.69) is 22.6 Å². The van der Waals surface area contributed by atoms with E-state index in [-0.39, 0.29) is 5.91 Å². The molecule has 1 saturated carbocycles. The van der Waals surface area contributed by atoms with Gasteiger partial charge in [-0.1, -0.05) is 24.6 Å². The molecule has 2 unspecified atom stereocenters. The number of nitrogens with zero attached hydrogens (tertiary/aromatic N) is 3. The Morgan fingerprint density at radius 1 is 1.04 bits per heavy atom. The van der Waals surface area contributed by atoms with Crippen molar-refractivity contribution in [3.8, 4) is 5.69 Å². The number of hydrogen-bond donors (Lipinski definition) is 1. The lowest BCUT2D eigenvalue weighted by atomic mass is 9.95. The van der Waals surface area contributed by atoms with Crippen molar-refractivity contribution in [1.29, 1.82) is 0 Å². The highest BCUT2D eigenvalue weighted by molar-refractivity contribution is 5.94. The summed E-state index contributed by atoms with van der Waals surface area (Å²) in [6.45, 7) is 1.89. The Labute approximate surface area is 148 Å². The quantitative estimate of drug-likeness (QED) is 0.935. The molecule has 3 aliphatic rings. The van der Waals surface area contributed by atoms with Crippen molar-refractivity contribution in [3.05, 3.63) is 47.3 Å². The van der Waals surface area contributed by atoms with Crippen LogP contribution in [0.3, 0.4) is 0 Å². The third kappa shape index (κ3) is 2.49. The summed E-state index contributed by atoms with van der Waals surface area (Å²) in [6.07, 6.45) is 7.17. The number of carbonyl (C=O) groups excluding carboxylic acids is 1. The first-order valence-corrected chi connectivity index (χ1v) is 9.55. The average molecular weight is 336 g/mol. The van der Waals surface area contributed by atoms with Crippen LogP contribution in [0, 0.1) is 0 Å². The second-order valence-corrected chi connectivity index (χ2v) is 7.59. The largest absolute Gasteiger partial charge is 0.286 e. The Morgan fingerprint density at radius 2 is 1.80 bits per heavy atom. The Hall–Kier alpha value is -2.14. The number of rotatable bonds is 3. The van der Waals surface area contributed by atoms with Crippen LogP contribution in [0.2, 0.25) is 0 Å². The smallest absolute Gasteiger partial charge is 0.283 e. The molecule has 2 bridgehead atoms. The molecule has 2 heterocycles. The van der Waals surface area contributed by atoms with E-state index in [1.807, 2.05) is 22.9 Å². The molecule has 5 heteroatoms. The average Bonchev–Trinajstić information content (AvgIpc) is 3.36. The fraction of sp³-hybridized carbons (Fsp3) is 0.500. The first-order chi connectivity index (χ1) is 12.3. The molecule has 0 radical (unpaired) electrons. The van der Waals surface area contributed by atoms with E-state index in [1.165, 1.54) is 36.9 Å². The Kier molecular flexibility index (Phi) is 3.63. The zero-order chi connectivity index (χ0) is 16.8. The summed E-state index contributed by atoms with van der Waals surface area (Å²) < 4.78 is 2.03. The fourth-order valence-electron chi connectivity index (χ4n) is 4.87. The number of piperidine rings is 1. The number of hydrogen-bond acceptors (Lipinski definition) is 3. The van der Waals surface area contributed by atoms with Crippen LogP contribution in [0.4, 0.5) is 0 Å². The van der Waals surface area contributed by atoms with Crippen LogP contribution in [-0.2, 0) is 0 Å². The van der Waals surface area contributed by atoms with Crippen LogP contribution in [0.15, 0.2) is 30.3 Å². The van der Waals surface area contributed by atoms with Crippen molar-refractivity contribution in [2.75, 3.05) is 13.1 Å². The number of nitrogens with one attached hydrogen (secondary N) is 1. The highest BCUT2D eigenvalue weighted by Crippen LogP contribution is 2.54. The first-order valence-electron chi connectivity index (χ1n) is 9.55. The predicted octanol–water partition coefficient (Wildman–Crippen LogP) is 3.37. The SMILES string of the molecule is O=C(NN1CCCCC1)c1nn(-c2ccccc2)c2c1C1CCC2C1. The van der Waals surface area contributed by atoms with Crippen LogP contribution in [-0.4, -0.2) is 33.8 Å². The number of fused-ring (bicyclic) bond motifs is 5. The molecule has 1 saturated heterocycles. The van der Waals surface area contributed by atoms with E-state index in [0.717, 1.165) is 31.6 Å². The standard InChI is InChI=1S/C20H24N4O/c25-20(22-23-11-5-2-6-12-23)18-17-14-9-10-15(13-14)19(17)24(21-18)16-7-3-1-4-8-16/h1,3-4,7-8,14-15H,2,5-6,9-13H2,(H,22,25). The summed E-state index contributed by atoms with van der Waals surface area (Å²) >= 11 is 0. The zero-order valence-electron chi connectivity index (χ0n) is 14.4. The molecular formula is C20H24N4O. The van der Waals surface area contributed by atoms with Gasteiger partial charge in [-0.3, -0.25) is 10.2 Å².